The van der Waals surface area contributed by atoms with Gasteiger partial charge >= 0.3 is 0 Å². The van der Waals surface area contributed by atoms with E-state index >= 15 is 0 Å². The predicted octanol–water partition coefficient (Wildman–Crippen LogP) is 4.05. The summed E-state index contributed by atoms with van der Waals surface area (Å²) < 4.78 is 0. The number of fused-ring (bicyclic) bond motifs is 1. The zero-order valence-electron chi connectivity index (χ0n) is 10.8. The van der Waals surface area contributed by atoms with Gasteiger partial charge in [-0.05, 0) is 18.7 Å². The number of para-hydroxylation sites is 1. The minimum Gasteiger partial charge on any atom is -0.356 e. The Labute approximate surface area is 117 Å². The van der Waals surface area contributed by atoms with Crippen molar-refractivity contribution in [3.05, 3.63) is 35.0 Å². The number of benzene rings is 1. The van der Waals surface area contributed by atoms with Crippen molar-refractivity contribution < 1.29 is 0 Å². The van der Waals surface area contributed by atoms with Gasteiger partial charge in [-0.2, -0.15) is 11.8 Å². The summed E-state index contributed by atoms with van der Waals surface area (Å²) in [7, 11) is 0. The maximum atomic E-state index is 6.37. The van der Waals surface area contributed by atoms with Crippen LogP contribution in [0, 0.1) is 0 Å². The van der Waals surface area contributed by atoms with E-state index in [-0.39, 0.29) is 0 Å². The summed E-state index contributed by atoms with van der Waals surface area (Å²) in [4.78, 5) is 3.37. The Balaban J connectivity index is 2.01. The van der Waals surface area contributed by atoms with Gasteiger partial charge in [0.1, 0.15) is 0 Å². The van der Waals surface area contributed by atoms with E-state index in [1.807, 2.05) is 30.0 Å². The molecule has 2 nitrogen and oxygen atoms in total. The molecule has 0 radical (unpaired) electrons. The molecule has 18 heavy (non-hydrogen) atoms. The fourth-order valence-electron chi connectivity index (χ4n) is 1.92. The Morgan fingerprint density at radius 3 is 2.89 bits per heavy atom. The molecule has 2 N–H and O–H groups in total. The normalized spacial score (nSPS) is 13.1. The third-order valence-electron chi connectivity index (χ3n) is 2.91. The van der Waals surface area contributed by atoms with E-state index in [0.717, 1.165) is 33.9 Å². The van der Waals surface area contributed by atoms with Crippen LogP contribution in [-0.4, -0.2) is 22.5 Å². The van der Waals surface area contributed by atoms with Gasteiger partial charge in [-0.3, -0.25) is 0 Å². The molecule has 98 valence electrons. The van der Waals surface area contributed by atoms with E-state index in [1.54, 1.807) is 0 Å². The van der Waals surface area contributed by atoms with Crippen LogP contribution in [0.4, 0.5) is 0 Å². The van der Waals surface area contributed by atoms with Gasteiger partial charge in [-0.25, -0.2) is 0 Å². The molecule has 0 saturated carbocycles. The molecule has 0 fully saturated rings. The summed E-state index contributed by atoms with van der Waals surface area (Å²) in [6.45, 7) is 5.18. The Morgan fingerprint density at radius 2 is 2.17 bits per heavy atom. The molecule has 1 heterocycles. The number of aromatic nitrogens is 1. The number of hydrogen-bond acceptors (Lipinski definition) is 2. The van der Waals surface area contributed by atoms with Gasteiger partial charge in [-0.15, -0.1) is 0 Å². The lowest BCUT2D eigenvalue weighted by atomic mass is 10.2. The molecule has 2 rings (SSSR count). The van der Waals surface area contributed by atoms with E-state index in [9.17, 15) is 0 Å². The van der Waals surface area contributed by atoms with Gasteiger partial charge in [0, 0.05) is 34.9 Å². The zero-order valence-corrected chi connectivity index (χ0v) is 12.4. The van der Waals surface area contributed by atoms with Gasteiger partial charge < -0.3 is 10.3 Å². The van der Waals surface area contributed by atoms with Crippen molar-refractivity contribution in [1.82, 2.24) is 10.3 Å². The Morgan fingerprint density at radius 1 is 1.39 bits per heavy atom. The van der Waals surface area contributed by atoms with Gasteiger partial charge in [0.2, 0.25) is 0 Å². The molecule has 0 aliphatic rings. The lowest BCUT2D eigenvalue weighted by Gasteiger charge is -2.12. The summed E-state index contributed by atoms with van der Waals surface area (Å²) >= 11 is 8.32. The molecule has 0 spiro atoms. The SMILES string of the molecule is CCSCC(C)NCc1[nH]c2ccccc2c1Cl. The second kappa shape index (κ2) is 6.50. The van der Waals surface area contributed by atoms with Crippen molar-refractivity contribution in [2.24, 2.45) is 0 Å². The van der Waals surface area contributed by atoms with Crippen molar-refractivity contribution in [2.75, 3.05) is 11.5 Å². The maximum absolute atomic E-state index is 6.37. The van der Waals surface area contributed by atoms with Gasteiger partial charge in [0.05, 0.1) is 5.02 Å². The molecule has 1 aromatic carbocycles. The zero-order chi connectivity index (χ0) is 13.0. The fraction of sp³-hybridized carbons (Fsp3) is 0.429. The van der Waals surface area contributed by atoms with Gasteiger partial charge in [0.15, 0.2) is 0 Å². The maximum Gasteiger partial charge on any atom is 0.0705 e. The van der Waals surface area contributed by atoms with Crippen LogP contribution in [-0.2, 0) is 6.54 Å². The van der Waals surface area contributed by atoms with Crippen LogP contribution in [0.3, 0.4) is 0 Å². The van der Waals surface area contributed by atoms with Crippen molar-refractivity contribution in [3.8, 4) is 0 Å². The molecular formula is C14H19ClN2S. The van der Waals surface area contributed by atoms with E-state index < -0.39 is 0 Å². The molecule has 0 bridgehead atoms. The monoisotopic (exact) mass is 282 g/mol. The second-order valence-electron chi connectivity index (χ2n) is 4.40. The Bertz CT molecular complexity index is 509. The highest BCUT2D eigenvalue weighted by molar-refractivity contribution is 7.99. The van der Waals surface area contributed by atoms with Crippen LogP contribution in [0.2, 0.25) is 5.02 Å². The number of H-pyrrole nitrogens is 1. The van der Waals surface area contributed by atoms with Crippen LogP contribution >= 0.6 is 23.4 Å². The highest BCUT2D eigenvalue weighted by atomic mass is 35.5. The van der Waals surface area contributed by atoms with Crippen molar-refractivity contribution in [1.29, 1.82) is 0 Å². The predicted molar refractivity (Wildman–Crippen MR) is 82.6 cm³/mol. The molecular weight excluding hydrogens is 264 g/mol. The third kappa shape index (κ3) is 3.22. The Hall–Kier alpha value is -0.640. The molecule has 2 aromatic rings. The van der Waals surface area contributed by atoms with Crippen molar-refractivity contribution in [2.45, 2.75) is 26.4 Å². The standard InChI is InChI=1S/C14H19ClN2S/c1-3-18-9-10(2)16-8-13-14(15)11-6-4-5-7-12(11)17-13/h4-7,10,16-17H,3,8-9H2,1-2H3. The lowest BCUT2D eigenvalue weighted by molar-refractivity contribution is 0.590. The number of nitrogens with one attached hydrogen (secondary N) is 2. The number of halogens is 1. The number of thioether (sulfide) groups is 1. The molecule has 0 aliphatic carbocycles. The number of hydrogen-bond donors (Lipinski definition) is 2. The first-order chi connectivity index (χ1) is 8.72. The van der Waals surface area contributed by atoms with E-state index in [1.165, 1.54) is 5.75 Å². The highest BCUT2D eigenvalue weighted by Crippen LogP contribution is 2.27. The number of rotatable bonds is 6. The Kier molecular flexibility index (Phi) is 4.98. The molecule has 0 aliphatic heterocycles. The first kappa shape index (κ1) is 13.8. The van der Waals surface area contributed by atoms with Crippen LogP contribution in [0.1, 0.15) is 19.5 Å². The average molecular weight is 283 g/mol. The van der Waals surface area contributed by atoms with E-state index in [4.69, 9.17) is 11.6 Å². The quantitative estimate of drug-likeness (QED) is 0.836. The molecule has 4 heteroatoms. The largest absolute Gasteiger partial charge is 0.356 e. The molecule has 1 atom stereocenters. The highest BCUT2D eigenvalue weighted by Gasteiger charge is 2.09. The fourth-order valence-corrected chi connectivity index (χ4v) is 2.90. The minimum absolute atomic E-state index is 0.498. The first-order valence-electron chi connectivity index (χ1n) is 6.28. The summed E-state index contributed by atoms with van der Waals surface area (Å²) in [5.74, 6) is 2.30. The third-order valence-corrected chi connectivity index (χ3v) is 4.49. The van der Waals surface area contributed by atoms with Crippen LogP contribution in [0.25, 0.3) is 10.9 Å². The van der Waals surface area contributed by atoms with Crippen LogP contribution < -0.4 is 5.32 Å². The van der Waals surface area contributed by atoms with E-state index in [0.29, 0.717) is 6.04 Å². The number of aromatic amines is 1. The van der Waals surface area contributed by atoms with Crippen LogP contribution in [0.15, 0.2) is 24.3 Å². The first-order valence-corrected chi connectivity index (χ1v) is 7.81. The summed E-state index contributed by atoms with van der Waals surface area (Å²) in [5.41, 5.74) is 2.18. The topological polar surface area (TPSA) is 27.8 Å². The van der Waals surface area contributed by atoms with Crippen molar-refractivity contribution in [3.63, 3.8) is 0 Å². The van der Waals surface area contributed by atoms with Crippen LogP contribution in [0.5, 0.6) is 0 Å². The summed E-state index contributed by atoms with van der Waals surface area (Å²) in [6.07, 6.45) is 0. The molecule has 1 aromatic heterocycles. The van der Waals surface area contributed by atoms with Gasteiger partial charge in [0.25, 0.3) is 0 Å². The minimum atomic E-state index is 0.498. The van der Waals surface area contributed by atoms with Crippen molar-refractivity contribution >= 4 is 34.3 Å². The lowest BCUT2D eigenvalue weighted by Crippen LogP contribution is -2.27. The second-order valence-corrected chi connectivity index (χ2v) is 6.10. The molecule has 0 amide bonds. The average Bonchev–Trinajstić information content (AvgIpc) is 2.71. The smallest absolute Gasteiger partial charge is 0.0705 e. The summed E-state index contributed by atoms with van der Waals surface area (Å²) in [5, 5.41) is 5.44. The van der Waals surface area contributed by atoms with E-state index in [2.05, 4.69) is 30.2 Å². The summed E-state index contributed by atoms with van der Waals surface area (Å²) in [6, 6.07) is 8.64. The molecule has 1 unspecified atom stereocenters. The molecule has 0 saturated heterocycles. The van der Waals surface area contributed by atoms with Gasteiger partial charge in [-0.1, -0.05) is 36.7 Å².